The third kappa shape index (κ3) is 3.79. The van der Waals surface area contributed by atoms with Crippen molar-refractivity contribution < 1.29 is 9.21 Å². The fourth-order valence-electron chi connectivity index (χ4n) is 4.80. The SMILES string of the molecule is CCN(CC)c1ccc2nc3c4ccccc4/c(=N\C(=O)c4ccc5ccccc5c4)cc-3oc2c1. The van der Waals surface area contributed by atoms with Crippen LogP contribution in [0.15, 0.2) is 100 Å². The van der Waals surface area contributed by atoms with Crippen LogP contribution in [0.4, 0.5) is 5.69 Å². The zero-order valence-corrected chi connectivity index (χ0v) is 20.2. The topological polar surface area (TPSA) is 58.7 Å². The average molecular weight is 472 g/mol. The highest BCUT2D eigenvalue weighted by atomic mass is 16.3. The van der Waals surface area contributed by atoms with Crippen molar-refractivity contribution in [1.82, 2.24) is 4.98 Å². The van der Waals surface area contributed by atoms with Crippen LogP contribution in [0.1, 0.15) is 24.2 Å². The van der Waals surface area contributed by atoms with E-state index >= 15 is 0 Å². The molecule has 0 saturated carbocycles. The molecule has 5 nitrogen and oxygen atoms in total. The Labute approximate surface area is 208 Å². The van der Waals surface area contributed by atoms with Crippen molar-refractivity contribution in [3.8, 4) is 11.5 Å². The molecule has 0 N–H and O–H groups in total. The van der Waals surface area contributed by atoms with Crippen LogP contribution >= 0.6 is 0 Å². The molecule has 0 fully saturated rings. The third-order valence-corrected chi connectivity index (χ3v) is 6.70. The predicted molar refractivity (Wildman–Crippen MR) is 146 cm³/mol. The minimum Gasteiger partial charge on any atom is -0.453 e. The van der Waals surface area contributed by atoms with Crippen molar-refractivity contribution in [2.75, 3.05) is 18.0 Å². The maximum Gasteiger partial charge on any atom is 0.277 e. The summed E-state index contributed by atoms with van der Waals surface area (Å²) in [5.74, 6) is 0.311. The zero-order chi connectivity index (χ0) is 24.6. The largest absolute Gasteiger partial charge is 0.453 e. The number of nitrogens with zero attached hydrogens (tertiary/aromatic N) is 3. The Balaban J connectivity index is 1.54. The van der Waals surface area contributed by atoms with Crippen LogP contribution in [0.3, 0.4) is 0 Å². The smallest absolute Gasteiger partial charge is 0.277 e. The van der Waals surface area contributed by atoms with Gasteiger partial charge < -0.3 is 9.32 Å². The van der Waals surface area contributed by atoms with E-state index in [9.17, 15) is 4.79 Å². The van der Waals surface area contributed by atoms with Gasteiger partial charge in [0.25, 0.3) is 5.91 Å². The molecule has 4 aromatic carbocycles. The molecule has 4 aromatic rings. The molecule has 36 heavy (non-hydrogen) atoms. The van der Waals surface area contributed by atoms with Crippen LogP contribution in [0, 0.1) is 0 Å². The summed E-state index contributed by atoms with van der Waals surface area (Å²) in [6, 6.07) is 29.5. The summed E-state index contributed by atoms with van der Waals surface area (Å²) in [5.41, 5.74) is 3.89. The summed E-state index contributed by atoms with van der Waals surface area (Å²) < 4.78 is 6.36. The van der Waals surface area contributed by atoms with Gasteiger partial charge in [-0.25, -0.2) is 9.98 Å². The van der Waals surface area contributed by atoms with Crippen molar-refractivity contribution in [3.63, 3.8) is 0 Å². The van der Waals surface area contributed by atoms with Gasteiger partial charge in [0.2, 0.25) is 0 Å². The second-order valence-corrected chi connectivity index (χ2v) is 8.81. The first kappa shape index (κ1) is 22.0. The Bertz CT molecular complexity index is 1800. The second-order valence-electron chi connectivity index (χ2n) is 8.81. The van der Waals surface area contributed by atoms with Gasteiger partial charge in [0.15, 0.2) is 11.3 Å². The van der Waals surface area contributed by atoms with Crippen LogP contribution in [0.2, 0.25) is 0 Å². The van der Waals surface area contributed by atoms with E-state index in [4.69, 9.17) is 9.40 Å². The van der Waals surface area contributed by atoms with Gasteiger partial charge in [0.1, 0.15) is 11.2 Å². The van der Waals surface area contributed by atoms with E-state index in [1.54, 1.807) is 0 Å². The molecule has 5 heteroatoms. The molecule has 0 unspecified atom stereocenters. The van der Waals surface area contributed by atoms with E-state index in [-0.39, 0.29) is 5.91 Å². The third-order valence-electron chi connectivity index (χ3n) is 6.70. The van der Waals surface area contributed by atoms with Crippen LogP contribution < -0.4 is 10.3 Å². The van der Waals surface area contributed by atoms with Crippen LogP contribution in [-0.4, -0.2) is 24.0 Å². The molecular formula is C31H25N3O2. The number of anilines is 1. The van der Waals surface area contributed by atoms with Gasteiger partial charge in [-0.2, -0.15) is 0 Å². The zero-order valence-electron chi connectivity index (χ0n) is 20.2. The molecular weight excluding hydrogens is 446 g/mol. The molecule has 176 valence electrons. The maximum absolute atomic E-state index is 13.2. The van der Waals surface area contributed by atoms with Crippen molar-refractivity contribution >= 4 is 44.2 Å². The standard InChI is InChI=1S/C31H25N3O2/c1-3-34(4-2)23-15-16-26-28(18-23)36-29-19-27(24-11-7-8-12-25(24)30(29)32-26)33-31(35)22-14-13-20-9-5-6-10-21(20)17-22/h5-19H,3-4H2,1-2H3/b33-27-. The molecule has 1 heterocycles. The Hall–Kier alpha value is -4.51. The first-order chi connectivity index (χ1) is 17.6. The number of aromatic nitrogens is 1. The van der Waals surface area contributed by atoms with E-state index in [2.05, 4.69) is 29.8 Å². The van der Waals surface area contributed by atoms with Gasteiger partial charge in [-0.05, 0) is 48.9 Å². The van der Waals surface area contributed by atoms with E-state index in [1.807, 2.05) is 84.9 Å². The van der Waals surface area contributed by atoms with E-state index in [0.29, 0.717) is 22.3 Å². The molecule has 1 aliphatic carbocycles. The minimum absolute atomic E-state index is 0.289. The molecule has 2 aliphatic rings. The van der Waals surface area contributed by atoms with Crippen LogP contribution in [-0.2, 0) is 0 Å². The first-order valence-electron chi connectivity index (χ1n) is 12.2. The van der Waals surface area contributed by atoms with E-state index < -0.39 is 0 Å². The van der Waals surface area contributed by atoms with E-state index in [0.717, 1.165) is 51.5 Å². The van der Waals surface area contributed by atoms with Gasteiger partial charge in [0, 0.05) is 47.2 Å². The summed E-state index contributed by atoms with van der Waals surface area (Å²) in [7, 11) is 0. The van der Waals surface area contributed by atoms with Crippen molar-refractivity contribution in [2.24, 2.45) is 4.99 Å². The normalized spacial score (nSPS) is 12.1. The Morgan fingerprint density at radius 1 is 0.833 bits per heavy atom. The first-order valence-corrected chi connectivity index (χ1v) is 12.2. The molecule has 0 saturated heterocycles. The lowest BCUT2D eigenvalue weighted by atomic mass is 10.0. The van der Waals surface area contributed by atoms with Crippen molar-refractivity contribution in [3.05, 3.63) is 102 Å². The van der Waals surface area contributed by atoms with Crippen LogP contribution in [0.5, 0.6) is 0 Å². The number of amides is 1. The van der Waals surface area contributed by atoms with Gasteiger partial charge >= 0.3 is 0 Å². The fourth-order valence-corrected chi connectivity index (χ4v) is 4.80. The highest BCUT2D eigenvalue weighted by Crippen LogP contribution is 2.31. The maximum atomic E-state index is 13.2. The summed E-state index contributed by atoms with van der Waals surface area (Å²) in [6.07, 6.45) is 0. The summed E-state index contributed by atoms with van der Waals surface area (Å²) in [6.45, 7) is 6.09. The lowest BCUT2D eigenvalue weighted by Crippen LogP contribution is -2.21. The van der Waals surface area contributed by atoms with E-state index in [1.165, 1.54) is 0 Å². The summed E-state index contributed by atoms with van der Waals surface area (Å²) >= 11 is 0. The number of hydrogen-bond acceptors (Lipinski definition) is 4. The van der Waals surface area contributed by atoms with Gasteiger partial charge in [-0.3, -0.25) is 4.79 Å². The highest BCUT2D eigenvalue weighted by Gasteiger charge is 2.16. The lowest BCUT2D eigenvalue weighted by molar-refractivity contribution is 0.0999. The van der Waals surface area contributed by atoms with Gasteiger partial charge in [-0.15, -0.1) is 0 Å². The molecule has 1 aliphatic heterocycles. The van der Waals surface area contributed by atoms with Gasteiger partial charge in [0.05, 0.1) is 5.36 Å². The minimum atomic E-state index is -0.289. The Kier molecular flexibility index (Phi) is 5.45. The molecule has 0 radical (unpaired) electrons. The Morgan fingerprint density at radius 3 is 2.39 bits per heavy atom. The molecule has 0 bridgehead atoms. The van der Waals surface area contributed by atoms with Crippen LogP contribution in [0.25, 0.3) is 44.1 Å². The van der Waals surface area contributed by atoms with Crippen molar-refractivity contribution in [2.45, 2.75) is 13.8 Å². The number of carbonyl (C=O) groups is 1. The average Bonchev–Trinajstić information content (AvgIpc) is 2.92. The Morgan fingerprint density at radius 2 is 1.58 bits per heavy atom. The summed E-state index contributed by atoms with van der Waals surface area (Å²) in [4.78, 5) is 24.9. The molecule has 1 amide bonds. The molecule has 6 rings (SSSR count). The van der Waals surface area contributed by atoms with Gasteiger partial charge in [-0.1, -0.05) is 54.6 Å². The number of hydrogen-bond donors (Lipinski definition) is 0. The lowest BCUT2D eigenvalue weighted by Gasteiger charge is -2.21. The molecule has 0 aromatic heterocycles. The fraction of sp³-hybridized carbons (Fsp3) is 0.129. The number of carbonyl (C=O) groups excluding carboxylic acids is 1. The quantitative estimate of drug-likeness (QED) is 0.209. The monoisotopic (exact) mass is 471 g/mol. The molecule has 0 spiro atoms. The number of benzene rings is 5. The molecule has 0 atom stereocenters. The summed E-state index contributed by atoms with van der Waals surface area (Å²) in [5, 5.41) is 4.43. The number of rotatable bonds is 4. The van der Waals surface area contributed by atoms with Crippen molar-refractivity contribution in [1.29, 1.82) is 0 Å². The predicted octanol–water partition coefficient (Wildman–Crippen LogP) is 6.83. The number of fused-ring (bicyclic) bond motifs is 5. The highest BCUT2D eigenvalue weighted by molar-refractivity contribution is 6.01. The second kappa shape index (κ2) is 8.93.